The van der Waals surface area contributed by atoms with Crippen LogP contribution in [0.2, 0.25) is 5.02 Å². The van der Waals surface area contributed by atoms with Gasteiger partial charge in [0.25, 0.3) is 0 Å². The first kappa shape index (κ1) is 26.3. The molecular weight excluding hydrogens is 481 g/mol. The van der Waals surface area contributed by atoms with Gasteiger partial charge in [0.05, 0.1) is 0 Å². The summed E-state index contributed by atoms with van der Waals surface area (Å²) < 4.78 is 38.8. The van der Waals surface area contributed by atoms with E-state index in [9.17, 15) is 22.8 Å². The molecule has 3 rings (SSSR count). The Bertz CT molecular complexity index is 1130. The molecule has 6 nitrogen and oxygen atoms in total. The molecule has 186 valence electrons. The lowest BCUT2D eigenvalue weighted by Crippen LogP contribution is -2.49. The Balaban J connectivity index is 1.90. The van der Waals surface area contributed by atoms with Crippen molar-refractivity contribution in [2.75, 3.05) is 18.5 Å². The predicted molar refractivity (Wildman–Crippen MR) is 131 cm³/mol. The van der Waals surface area contributed by atoms with Crippen molar-refractivity contribution in [2.24, 2.45) is 10.7 Å². The van der Waals surface area contributed by atoms with E-state index in [4.69, 9.17) is 17.3 Å². The van der Waals surface area contributed by atoms with E-state index >= 15 is 0 Å². The Morgan fingerprint density at radius 2 is 1.86 bits per heavy atom. The molecule has 1 heterocycles. The maximum absolute atomic E-state index is 13.3. The first-order valence-electron chi connectivity index (χ1n) is 11.0. The van der Waals surface area contributed by atoms with Crippen LogP contribution in [0.15, 0.2) is 65.3 Å². The van der Waals surface area contributed by atoms with Crippen molar-refractivity contribution in [3.63, 3.8) is 0 Å². The number of aliphatic imine (C=N–C) groups is 1. The van der Waals surface area contributed by atoms with Crippen LogP contribution in [-0.2, 0) is 22.4 Å². The Morgan fingerprint density at radius 1 is 1.17 bits per heavy atom. The molecule has 0 saturated carbocycles. The molecule has 0 aromatic heterocycles. The summed E-state index contributed by atoms with van der Waals surface area (Å²) in [7, 11) is 1.59. The summed E-state index contributed by atoms with van der Waals surface area (Å²) in [6.45, 7) is -0.428. The summed E-state index contributed by atoms with van der Waals surface area (Å²) in [5.41, 5.74) is 6.38. The number of hydrogen-bond donors (Lipinski definition) is 2. The number of nitrogens with two attached hydrogens (primary N) is 1. The topological polar surface area (TPSA) is 87.8 Å². The minimum atomic E-state index is -4.69. The lowest BCUT2D eigenvalue weighted by atomic mass is 9.99. The second-order valence-corrected chi connectivity index (χ2v) is 8.71. The van der Waals surface area contributed by atoms with E-state index in [-0.39, 0.29) is 24.5 Å². The van der Waals surface area contributed by atoms with Crippen LogP contribution in [0.3, 0.4) is 0 Å². The summed E-state index contributed by atoms with van der Waals surface area (Å²) in [6.07, 6.45) is -2.35. The van der Waals surface area contributed by atoms with Crippen molar-refractivity contribution in [1.82, 2.24) is 5.32 Å². The van der Waals surface area contributed by atoms with Gasteiger partial charge in [-0.1, -0.05) is 35.9 Å². The van der Waals surface area contributed by atoms with Crippen LogP contribution in [0.25, 0.3) is 0 Å². The monoisotopic (exact) mass is 506 g/mol. The normalized spacial score (nSPS) is 17.9. The lowest BCUT2D eigenvalue weighted by Gasteiger charge is -2.25. The Kier molecular flexibility index (Phi) is 8.56. The molecule has 2 aromatic carbocycles. The molecule has 0 spiro atoms. The standard InChI is InChI=1S/C25H26ClF3N4O2/c1-33(20-10-8-18(26)9-11-20)24(35)21-13-17-6-2-4-16(12-17)5-3-7-19(31-15-23(34)32-21)14-22(30)25(27,28)29/h2,4,6,8-12,14,21H,3,5,7,13,15,30H2,1H3,(H,32,34)/t21-/m0/s1. The zero-order chi connectivity index (χ0) is 25.6. The molecular formula is C25H26ClF3N4O2. The lowest BCUT2D eigenvalue weighted by molar-refractivity contribution is -0.126. The van der Waals surface area contributed by atoms with Crippen LogP contribution in [0.4, 0.5) is 18.9 Å². The van der Waals surface area contributed by atoms with Crippen molar-refractivity contribution in [3.8, 4) is 0 Å². The molecule has 35 heavy (non-hydrogen) atoms. The minimum Gasteiger partial charge on any atom is -0.395 e. The number of nitrogens with zero attached hydrogens (tertiary/aromatic N) is 2. The van der Waals surface area contributed by atoms with Crippen LogP contribution in [-0.4, -0.2) is 43.3 Å². The Morgan fingerprint density at radius 3 is 2.54 bits per heavy atom. The van der Waals surface area contributed by atoms with Gasteiger partial charge in [0.2, 0.25) is 11.8 Å². The smallest absolute Gasteiger partial charge is 0.395 e. The number of rotatable bonds is 3. The number of carbonyl (C=O) groups is 2. The summed E-state index contributed by atoms with van der Waals surface area (Å²) in [6, 6.07) is 13.4. The summed E-state index contributed by atoms with van der Waals surface area (Å²) in [5.74, 6) is -0.939. The first-order valence-corrected chi connectivity index (χ1v) is 11.4. The fraction of sp³-hybridized carbons (Fsp3) is 0.320. The Labute approximate surface area is 206 Å². The van der Waals surface area contributed by atoms with E-state index in [1.54, 1.807) is 31.3 Å². The maximum atomic E-state index is 13.3. The van der Waals surface area contributed by atoms with Gasteiger partial charge < -0.3 is 16.0 Å². The van der Waals surface area contributed by atoms with Crippen LogP contribution < -0.4 is 16.0 Å². The number of allylic oxidation sites excluding steroid dienone is 2. The third-order valence-corrected chi connectivity index (χ3v) is 5.83. The largest absolute Gasteiger partial charge is 0.430 e. The third kappa shape index (κ3) is 7.58. The zero-order valence-corrected chi connectivity index (χ0v) is 19.9. The van der Waals surface area contributed by atoms with Gasteiger partial charge in [-0.15, -0.1) is 0 Å². The van der Waals surface area contributed by atoms with E-state index in [1.165, 1.54) is 4.90 Å². The van der Waals surface area contributed by atoms with Gasteiger partial charge in [0, 0.05) is 29.9 Å². The molecule has 10 heteroatoms. The number of alkyl halides is 3. The quantitative estimate of drug-likeness (QED) is 0.653. The number of fused-ring (bicyclic) bond motifs is 2. The highest BCUT2D eigenvalue weighted by atomic mass is 35.5. The molecule has 1 aliphatic heterocycles. The second kappa shape index (κ2) is 11.4. The molecule has 2 aromatic rings. The van der Waals surface area contributed by atoms with Gasteiger partial charge in [-0.2, -0.15) is 13.2 Å². The number of hydrogen-bond acceptors (Lipinski definition) is 4. The van der Waals surface area contributed by atoms with Crippen LogP contribution >= 0.6 is 11.6 Å². The van der Waals surface area contributed by atoms with Crippen molar-refractivity contribution < 1.29 is 22.8 Å². The van der Waals surface area contributed by atoms with Crippen molar-refractivity contribution >= 4 is 34.8 Å². The minimum absolute atomic E-state index is 0.0755. The average molecular weight is 507 g/mol. The number of nitrogens with one attached hydrogen (secondary N) is 1. The van der Waals surface area contributed by atoms with Crippen LogP contribution in [0, 0.1) is 0 Å². The number of amides is 2. The van der Waals surface area contributed by atoms with E-state index in [0.717, 1.165) is 17.2 Å². The highest BCUT2D eigenvalue weighted by Crippen LogP contribution is 2.22. The fourth-order valence-corrected chi connectivity index (χ4v) is 3.84. The number of carbonyl (C=O) groups excluding carboxylic acids is 2. The van der Waals surface area contributed by atoms with Crippen LogP contribution in [0.1, 0.15) is 24.0 Å². The predicted octanol–water partition coefficient (Wildman–Crippen LogP) is 4.21. The molecule has 3 N–H and O–H groups in total. The number of anilines is 1. The molecule has 1 aliphatic rings. The number of aryl methyl sites for hydroxylation is 1. The molecule has 1 atom stereocenters. The van der Waals surface area contributed by atoms with Gasteiger partial charge in [0.15, 0.2) is 0 Å². The van der Waals surface area contributed by atoms with Gasteiger partial charge >= 0.3 is 6.18 Å². The van der Waals surface area contributed by atoms with Crippen LogP contribution in [0.5, 0.6) is 0 Å². The maximum Gasteiger partial charge on any atom is 0.430 e. The molecule has 0 unspecified atom stereocenters. The summed E-state index contributed by atoms with van der Waals surface area (Å²) in [5, 5.41) is 3.22. The number of halogens is 4. The van der Waals surface area contributed by atoms with E-state index in [1.807, 2.05) is 24.3 Å². The molecule has 0 saturated heterocycles. The van der Waals surface area contributed by atoms with E-state index < -0.39 is 30.4 Å². The van der Waals surface area contributed by atoms with Gasteiger partial charge in [0.1, 0.15) is 18.3 Å². The van der Waals surface area contributed by atoms with Crippen molar-refractivity contribution in [3.05, 3.63) is 76.5 Å². The molecule has 0 aliphatic carbocycles. The third-order valence-electron chi connectivity index (χ3n) is 5.58. The molecule has 2 amide bonds. The molecule has 2 bridgehead atoms. The number of benzene rings is 2. The summed E-state index contributed by atoms with van der Waals surface area (Å²) in [4.78, 5) is 31.5. The average Bonchev–Trinajstić information content (AvgIpc) is 2.81. The Hall–Kier alpha value is -3.33. The summed E-state index contributed by atoms with van der Waals surface area (Å²) >= 11 is 5.94. The first-order chi connectivity index (χ1) is 16.5. The fourth-order valence-electron chi connectivity index (χ4n) is 3.72. The number of likely N-dealkylation sites (N-methyl/N-ethyl adjacent to an activating group) is 1. The second-order valence-electron chi connectivity index (χ2n) is 8.28. The van der Waals surface area contributed by atoms with Crippen molar-refractivity contribution in [1.29, 1.82) is 0 Å². The van der Waals surface area contributed by atoms with Crippen molar-refractivity contribution in [2.45, 2.75) is 37.9 Å². The SMILES string of the molecule is CN(C(=O)[C@@H]1Cc2cccc(c2)CCCC(C=C(N)C(F)(F)F)=NCC(=O)N1)c1ccc(Cl)cc1. The van der Waals surface area contributed by atoms with Gasteiger partial charge in [-0.25, -0.2) is 0 Å². The van der Waals surface area contributed by atoms with E-state index in [2.05, 4.69) is 10.3 Å². The van der Waals surface area contributed by atoms with Gasteiger partial charge in [-0.3, -0.25) is 14.6 Å². The molecule has 0 fully saturated rings. The molecule has 0 radical (unpaired) electrons. The highest BCUT2D eigenvalue weighted by Gasteiger charge is 2.31. The highest BCUT2D eigenvalue weighted by molar-refractivity contribution is 6.30. The van der Waals surface area contributed by atoms with Gasteiger partial charge in [-0.05, 0) is 60.7 Å². The van der Waals surface area contributed by atoms with E-state index in [0.29, 0.717) is 23.6 Å². The zero-order valence-electron chi connectivity index (χ0n) is 19.1.